The number of nitrogens with one attached hydrogen (secondary N) is 1. The standard InChI is InChI=1S/C23H23F3N4O3/c1-33-21(31)7-3-2-4-13-28-22(32)16-8-10-18(11-9-16)30-20(23(24,25)26)14-19(29-30)17-6-5-12-27-15-17/h5-6,8-12,14-15H,2-4,7,13H2,1H3,(H,28,32). The van der Waals surface area contributed by atoms with E-state index in [0.29, 0.717) is 36.9 Å². The van der Waals surface area contributed by atoms with E-state index in [-0.39, 0.29) is 23.3 Å². The Morgan fingerprint density at radius 3 is 2.48 bits per heavy atom. The Morgan fingerprint density at radius 2 is 1.85 bits per heavy atom. The summed E-state index contributed by atoms with van der Waals surface area (Å²) < 4.78 is 46.2. The van der Waals surface area contributed by atoms with E-state index in [9.17, 15) is 22.8 Å². The second-order valence-electron chi connectivity index (χ2n) is 7.26. The Labute approximate surface area is 188 Å². The van der Waals surface area contributed by atoms with Gasteiger partial charge in [0, 0.05) is 36.5 Å². The molecule has 33 heavy (non-hydrogen) atoms. The number of alkyl halides is 3. The molecule has 0 aliphatic rings. The Balaban J connectivity index is 1.66. The molecular formula is C23H23F3N4O3. The van der Waals surface area contributed by atoms with Crippen LogP contribution in [-0.2, 0) is 15.7 Å². The van der Waals surface area contributed by atoms with E-state index in [2.05, 4.69) is 20.1 Å². The summed E-state index contributed by atoms with van der Waals surface area (Å²) >= 11 is 0. The maximum Gasteiger partial charge on any atom is 0.433 e. The minimum atomic E-state index is -4.61. The summed E-state index contributed by atoms with van der Waals surface area (Å²) in [7, 11) is 1.34. The highest BCUT2D eigenvalue weighted by molar-refractivity contribution is 5.94. The Kier molecular flexibility index (Phi) is 7.81. The van der Waals surface area contributed by atoms with E-state index < -0.39 is 11.9 Å². The van der Waals surface area contributed by atoms with Crippen molar-refractivity contribution >= 4 is 11.9 Å². The molecule has 0 aliphatic carbocycles. The van der Waals surface area contributed by atoms with E-state index in [0.717, 1.165) is 17.2 Å². The number of halogens is 3. The number of hydrogen-bond acceptors (Lipinski definition) is 5. The molecule has 0 spiro atoms. The predicted octanol–water partition coefficient (Wildman–Crippen LogP) is 4.42. The molecule has 0 saturated heterocycles. The number of aromatic nitrogens is 3. The van der Waals surface area contributed by atoms with Crippen LogP contribution in [0.1, 0.15) is 41.7 Å². The fourth-order valence-corrected chi connectivity index (χ4v) is 3.17. The first kappa shape index (κ1) is 24.0. The first-order chi connectivity index (χ1) is 15.8. The lowest BCUT2D eigenvalue weighted by Gasteiger charge is -2.11. The fourth-order valence-electron chi connectivity index (χ4n) is 3.17. The molecule has 10 heteroatoms. The highest BCUT2D eigenvalue weighted by Crippen LogP contribution is 2.34. The van der Waals surface area contributed by atoms with Crippen LogP contribution in [0.4, 0.5) is 13.2 Å². The van der Waals surface area contributed by atoms with Crippen LogP contribution in [-0.4, -0.2) is 40.3 Å². The molecule has 0 saturated carbocycles. The van der Waals surface area contributed by atoms with Crippen molar-refractivity contribution in [2.75, 3.05) is 13.7 Å². The molecule has 3 rings (SSSR count). The number of carbonyl (C=O) groups is 2. The summed E-state index contributed by atoms with van der Waals surface area (Å²) in [5.74, 6) is -0.598. The molecule has 1 aromatic carbocycles. The molecule has 0 aliphatic heterocycles. The molecular weight excluding hydrogens is 437 g/mol. The van der Waals surface area contributed by atoms with Crippen molar-refractivity contribution in [1.29, 1.82) is 0 Å². The number of nitrogens with zero attached hydrogens (tertiary/aromatic N) is 3. The van der Waals surface area contributed by atoms with Crippen molar-refractivity contribution in [2.45, 2.75) is 31.9 Å². The third-order valence-electron chi connectivity index (χ3n) is 4.90. The number of pyridine rings is 1. The van der Waals surface area contributed by atoms with Gasteiger partial charge in [-0.25, -0.2) is 4.68 Å². The first-order valence-corrected chi connectivity index (χ1v) is 10.3. The smallest absolute Gasteiger partial charge is 0.433 e. The Morgan fingerprint density at radius 1 is 1.09 bits per heavy atom. The first-order valence-electron chi connectivity index (χ1n) is 10.3. The summed E-state index contributed by atoms with van der Waals surface area (Å²) in [6.07, 6.45) is 0.809. The van der Waals surface area contributed by atoms with Crippen LogP contribution in [0.5, 0.6) is 0 Å². The molecule has 7 nitrogen and oxygen atoms in total. The quantitative estimate of drug-likeness (QED) is 0.378. The summed E-state index contributed by atoms with van der Waals surface area (Å²) in [6, 6.07) is 9.96. The summed E-state index contributed by atoms with van der Waals surface area (Å²) in [4.78, 5) is 27.3. The summed E-state index contributed by atoms with van der Waals surface area (Å²) in [5, 5.41) is 6.87. The monoisotopic (exact) mass is 460 g/mol. The van der Waals surface area contributed by atoms with E-state index in [1.807, 2.05) is 0 Å². The fraction of sp³-hybridized carbons (Fsp3) is 0.304. The van der Waals surface area contributed by atoms with E-state index in [1.165, 1.54) is 43.8 Å². The van der Waals surface area contributed by atoms with Crippen LogP contribution in [0.3, 0.4) is 0 Å². The van der Waals surface area contributed by atoms with Gasteiger partial charge < -0.3 is 10.1 Å². The van der Waals surface area contributed by atoms with Crippen molar-refractivity contribution < 1.29 is 27.5 Å². The van der Waals surface area contributed by atoms with Crippen LogP contribution < -0.4 is 5.32 Å². The lowest BCUT2D eigenvalue weighted by molar-refractivity contribution is -0.143. The minimum Gasteiger partial charge on any atom is -0.469 e. The SMILES string of the molecule is COC(=O)CCCCCNC(=O)c1ccc(-n2nc(-c3cccnc3)cc2C(F)(F)F)cc1. The van der Waals surface area contributed by atoms with Gasteiger partial charge in [-0.05, 0) is 55.3 Å². The maximum atomic E-state index is 13.6. The van der Waals surface area contributed by atoms with Gasteiger partial charge in [0.15, 0.2) is 0 Å². The zero-order valence-electron chi connectivity index (χ0n) is 17.9. The number of rotatable bonds is 9. The van der Waals surface area contributed by atoms with Crippen LogP contribution in [0, 0.1) is 0 Å². The third-order valence-corrected chi connectivity index (χ3v) is 4.90. The molecule has 3 aromatic rings. The van der Waals surface area contributed by atoms with Gasteiger partial charge in [-0.15, -0.1) is 0 Å². The van der Waals surface area contributed by atoms with Gasteiger partial charge in [0.05, 0.1) is 18.5 Å². The molecule has 1 amide bonds. The third kappa shape index (κ3) is 6.41. The number of methoxy groups -OCH3 is 1. The molecule has 2 heterocycles. The molecule has 0 atom stereocenters. The molecule has 174 valence electrons. The minimum absolute atomic E-state index is 0.143. The molecule has 0 fully saturated rings. The lowest BCUT2D eigenvalue weighted by atomic mass is 10.1. The van der Waals surface area contributed by atoms with E-state index in [4.69, 9.17) is 0 Å². The van der Waals surface area contributed by atoms with Crippen molar-refractivity contribution in [2.24, 2.45) is 0 Å². The van der Waals surface area contributed by atoms with Crippen molar-refractivity contribution in [1.82, 2.24) is 20.1 Å². The molecule has 2 aromatic heterocycles. The summed E-state index contributed by atoms with van der Waals surface area (Å²) in [5.41, 5.74) is 0.178. The number of esters is 1. The zero-order valence-corrected chi connectivity index (χ0v) is 17.9. The van der Waals surface area contributed by atoms with Gasteiger partial charge in [-0.1, -0.05) is 6.42 Å². The highest BCUT2D eigenvalue weighted by Gasteiger charge is 2.36. The number of ether oxygens (including phenoxy) is 1. The van der Waals surface area contributed by atoms with E-state index >= 15 is 0 Å². The van der Waals surface area contributed by atoms with Gasteiger partial charge in [-0.3, -0.25) is 14.6 Å². The summed E-state index contributed by atoms with van der Waals surface area (Å²) in [6.45, 7) is 0.424. The second kappa shape index (κ2) is 10.8. The number of carbonyl (C=O) groups excluding carboxylic acids is 2. The normalized spacial score (nSPS) is 11.3. The van der Waals surface area contributed by atoms with Crippen LogP contribution >= 0.6 is 0 Å². The number of unbranched alkanes of at least 4 members (excludes halogenated alkanes) is 2. The number of benzene rings is 1. The average Bonchev–Trinajstić information content (AvgIpc) is 3.28. The molecule has 1 N–H and O–H groups in total. The Bertz CT molecular complexity index is 1080. The topological polar surface area (TPSA) is 86.1 Å². The van der Waals surface area contributed by atoms with Crippen molar-refractivity contribution in [3.63, 3.8) is 0 Å². The maximum absolute atomic E-state index is 13.6. The highest BCUT2D eigenvalue weighted by atomic mass is 19.4. The number of amides is 1. The van der Waals surface area contributed by atoms with Crippen molar-refractivity contribution in [3.8, 4) is 16.9 Å². The number of hydrogen-bond donors (Lipinski definition) is 1. The van der Waals surface area contributed by atoms with Gasteiger partial charge >= 0.3 is 12.1 Å². The second-order valence-corrected chi connectivity index (χ2v) is 7.26. The van der Waals surface area contributed by atoms with Crippen LogP contribution in [0.2, 0.25) is 0 Å². The molecule has 0 unspecified atom stereocenters. The molecule has 0 radical (unpaired) electrons. The van der Waals surface area contributed by atoms with Gasteiger partial charge in [-0.2, -0.15) is 18.3 Å². The van der Waals surface area contributed by atoms with Gasteiger partial charge in [0.2, 0.25) is 0 Å². The zero-order chi connectivity index (χ0) is 23.8. The van der Waals surface area contributed by atoms with Crippen LogP contribution in [0.15, 0.2) is 54.9 Å². The van der Waals surface area contributed by atoms with Crippen molar-refractivity contribution in [3.05, 3.63) is 66.1 Å². The van der Waals surface area contributed by atoms with Gasteiger partial charge in [0.1, 0.15) is 5.69 Å². The molecule has 0 bridgehead atoms. The van der Waals surface area contributed by atoms with Crippen LogP contribution in [0.25, 0.3) is 16.9 Å². The Hall–Kier alpha value is -3.69. The predicted molar refractivity (Wildman–Crippen MR) is 115 cm³/mol. The van der Waals surface area contributed by atoms with Gasteiger partial charge in [0.25, 0.3) is 5.91 Å². The van der Waals surface area contributed by atoms with E-state index in [1.54, 1.807) is 12.1 Å². The largest absolute Gasteiger partial charge is 0.469 e. The average molecular weight is 460 g/mol. The lowest BCUT2D eigenvalue weighted by Crippen LogP contribution is -2.24.